The summed E-state index contributed by atoms with van der Waals surface area (Å²) in [4.78, 5) is 27.8. The molecule has 6 heteroatoms. The van der Waals surface area contributed by atoms with Crippen LogP contribution in [0, 0.1) is 5.92 Å². The van der Waals surface area contributed by atoms with Crippen LogP contribution in [0.5, 0.6) is 0 Å². The zero-order valence-corrected chi connectivity index (χ0v) is 16.9. The first-order valence-electron chi connectivity index (χ1n) is 10.1. The van der Waals surface area contributed by atoms with E-state index in [9.17, 15) is 9.59 Å². The van der Waals surface area contributed by atoms with E-state index in [4.69, 9.17) is 5.73 Å². The molecule has 148 valence electrons. The number of hydrogen-bond donors (Lipinski definition) is 2. The SMILES string of the molecule is NC(=O)C1CCN(Cc2cccc(NC(=O)c3csc4c3CCCC4)c2)CC1. The Bertz CT molecular complexity index is 868. The van der Waals surface area contributed by atoms with Crippen LogP contribution in [-0.4, -0.2) is 29.8 Å². The molecule has 2 heterocycles. The van der Waals surface area contributed by atoms with Crippen molar-refractivity contribution in [2.24, 2.45) is 11.7 Å². The second-order valence-corrected chi connectivity index (χ2v) is 8.83. The van der Waals surface area contributed by atoms with Crippen molar-refractivity contribution in [3.63, 3.8) is 0 Å². The third-order valence-corrected chi connectivity index (χ3v) is 6.98. The maximum atomic E-state index is 12.8. The number of nitrogens with one attached hydrogen (secondary N) is 1. The van der Waals surface area contributed by atoms with Gasteiger partial charge >= 0.3 is 0 Å². The molecule has 1 aliphatic carbocycles. The van der Waals surface area contributed by atoms with Gasteiger partial charge in [0.2, 0.25) is 5.91 Å². The number of nitrogens with two attached hydrogens (primary N) is 1. The van der Waals surface area contributed by atoms with E-state index < -0.39 is 0 Å². The molecule has 4 rings (SSSR count). The zero-order valence-electron chi connectivity index (χ0n) is 16.1. The van der Waals surface area contributed by atoms with Gasteiger partial charge in [0.05, 0.1) is 5.56 Å². The van der Waals surface area contributed by atoms with Gasteiger partial charge in [-0.05, 0) is 74.9 Å². The monoisotopic (exact) mass is 397 g/mol. The van der Waals surface area contributed by atoms with Gasteiger partial charge in [0, 0.05) is 28.4 Å². The molecule has 1 saturated heterocycles. The zero-order chi connectivity index (χ0) is 19.5. The lowest BCUT2D eigenvalue weighted by Crippen LogP contribution is -2.38. The summed E-state index contributed by atoms with van der Waals surface area (Å²) in [5, 5.41) is 5.09. The highest BCUT2D eigenvalue weighted by atomic mass is 32.1. The van der Waals surface area contributed by atoms with E-state index in [0.29, 0.717) is 0 Å². The third-order valence-electron chi connectivity index (χ3n) is 5.89. The third kappa shape index (κ3) is 4.28. The Balaban J connectivity index is 1.38. The molecule has 1 aliphatic heterocycles. The van der Waals surface area contributed by atoms with E-state index in [-0.39, 0.29) is 17.7 Å². The fourth-order valence-electron chi connectivity index (χ4n) is 4.26. The number of primary amides is 1. The number of fused-ring (bicyclic) bond motifs is 1. The van der Waals surface area contributed by atoms with Crippen molar-refractivity contribution >= 4 is 28.8 Å². The number of likely N-dealkylation sites (tertiary alicyclic amines) is 1. The average Bonchev–Trinajstić information content (AvgIpc) is 3.13. The molecule has 0 unspecified atom stereocenters. The first kappa shape index (κ1) is 19.2. The number of nitrogens with zero attached hydrogens (tertiary/aromatic N) is 1. The van der Waals surface area contributed by atoms with E-state index in [0.717, 1.165) is 56.6 Å². The normalized spacial score (nSPS) is 17.9. The standard InChI is InChI=1S/C22H27N3O2S/c23-21(26)16-8-10-25(11-9-16)13-15-4-3-5-17(12-15)24-22(27)19-14-28-20-7-2-1-6-18(19)20/h3-5,12,14,16H,1-2,6-11,13H2,(H2,23,26)(H,24,27). The van der Waals surface area contributed by atoms with Crippen LogP contribution in [-0.2, 0) is 24.2 Å². The number of piperidine rings is 1. The molecule has 0 saturated carbocycles. The van der Waals surface area contributed by atoms with E-state index >= 15 is 0 Å². The van der Waals surface area contributed by atoms with Crippen molar-refractivity contribution < 1.29 is 9.59 Å². The second kappa shape index (κ2) is 8.45. The molecule has 0 bridgehead atoms. The van der Waals surface area contributed by atoms with Crippen LogP contribution in [0.25, 0.3) is 0 Å². The Morgan fingerprint density at radius 1 is 1.18 bits per heavy atom. The number of carbonyl (C=O) groups excluding carboxylic acids is 2. The van der Waals surface area contributed by atoms with Crippen molar-refractivity contribution in [2.75, 3.05) is 18.4 Å². The van der Waals surface area contributed by atoms with Gasteiger partial charge in [0.15, 0.2) is 0 Å². The topological polar surface area (TPSA) is 75.4 Å². The molecule has 2 aliphatic rings. The summed E-state index contributed by atoms with van der Waals surface area (Å²) in [7, 11) is 0. The Hall–Kier alpha value is -2.18. The minimum absolute atomic E-state index is 0.00109. The summed E-state index contributed by atoms with van der Waals surface area (Å²) in [6.45, 7) is 2.58. The summed E-state index contributed by atoms with van der Waals surface area (Å²) in [5.41, 5.74) is 9.52. The summed E-state index contributed by atoms with van der Waals surface area (Å²) in [6, 6.07) is 8.07. The number of aryl methyl sites for hydroxylation is 1. The van der Waals surface area contributed by atoms with Gasteiger partial charge in [0.1, 0.15) is 0 Å². The molecule has 0 spiro atoms. The van der Waals surface area contributed by atoms with Gasteiger partial charge < -0.3 is 11.1 Å². The summed E-state index contributed by atoms with van der Waals surface area (Å²) in [6.07, 6.45) is 6.18. The van der Waals surface area contributed by atoms with E-state index in [2.05, 4.69) is 22.3 Å². The highest BCUT2D eigenvalue weighted by Crippen LogP contribution is 2.30. The molecule has 1 aromatic heterocycles. The molecule has 2 amide bonds. The first-order valence-corrected chi connectivity index (χ1v) is 11.0. The van der Waals surface area contributed by atoms with Gasteiger partial charge in [-0.3, -0.25) is 14.5 Å². The van der Waals surface area contributed by atoms with Crippen LogP contribution in [0.1, 0.15) is 52.0 Å². The van der Waals surface area contributed by atoms with Crippen LogP contribution in [0.4, 0.5) is 5.69 Å². The van der Waals surface area contributed by atoms with Gasteiger partial charge in [-0.25, -0.2) is 0 Å². The number of thiophene rings is 1. The van der Waals surface area contributed by atoms with E-state index in [1.54, 1.807) is 11.3 Å². The highest BCUT2D eigenvalue weighted by Gasteiger charge is 2.23. The van der Waals surface area contributed by atoms with E-state index in [1.165, 1.54) is 28.8 Å². The lowest BCUT2D eigenvalue weighted by atomic mass is 9.95. The van der Waals surface area contributed by atoms with Crippen LogP contribution in [0.15, 0.2) is 29.6 Å². The minimum atomic E-state index is -0.181. The maximum Gasteiger partial charge on any atom is 0.256 e. The number of amides is 2. The first-order chi connectivity index (χ1) is 13.6. The molecule has 2 aromatic rings. The number of carbonyl (C=O) groups is 2. The number of benzene rings is 1. The molecule has 28 heavy (non-hydrogen) atoms. The van der Waals surface area contributed by atoms with Crippen molar-refractivity contribution in [3.8, 4) is 0 Å². The Labute approximate surface area is 169 Å². The number of anilines is 1. The lowest BCUT2D eigenvalue weighted by molar-refractivity contribution is -0.123. The van der Waals surface area contributed by atoms with Crippen LogP contribution in [0.2, 0.25) is 0 Å². The summed E-state index contributed by atoms with van der Waals surface area (Å²) >= 11 is 1.72. The average molecular weight is 398 g/mol. The second-order valence-electron chi connectivity index (χ2n) is 7.87. The van der Waals surface area contributed by atoms with Crippen molar-refractivity contribution in [2.45, 2.75) is 45.1 Å². The molecular formula is C22H27N3O2S. The smallest absolute Gasteiger partial charge is 0.256 e. The molecule has 1 aromatic carbocycles. The minimum Gasteiger partial charge on any atom is -0.369 e. The predicted octanol–water partition coefficient (Wildman–Crippen LogP) is 3.58. The van der Waals surface area contributed by atoms with Crippen LogP contribution in [0.3, 0.4) is 0 Å². The Morgan fingerprint density at radius 2 is 1.96 bits per heavy atom. The molecule has 0 radical (unpaired) electrons. The predicted molar refractivity (Wildman–Crippen MR) is 113 cm³/mol. The number of hydrogen-bond acceptors (Lipinski definition) is 4. The lowest BCUT2D eigenvalue weighted by Gasteiger charge is -2.30. The van der Waals surface area contributed by atoms with Gasteiger partial charge in [-0.2, -0.15) is 0 Å². The van der Waals surface area contributed by atoms with Crippen molar-refractivity contribution in [1.29, 1.82) is 0 Å². The maximum absolute atomic E-state index is 12.8. The highest BCUT2D eigenvalue weighted by molar-refractivity contribution is 7.10. The van der Waals surface area contributed by atoms with Crippen molar-refractivity contribution in [1.82, 2.24) is 4.90 Å². The molecule has 0 atom stereocenters. The van der Waals surface area contributed by atoms with Crippen LogP contribution >= 0.6 is 11.3 Å². The summed E-state index contributed by atoms with van der Waals surface area (Å²) < 4.78 is 0. The quantitative estimate of drug-likeness (QED) is 0.810. The summed E-state index contributed by atoms with van der Waals surface area (Å²) in [5.74, 6) is -0.169. The van der Waals surface area contributed by atoms with E-state index in [1.807, 2.05) is 17.5 Å². The largest absolute Gasteiger partial charge is 0.369 e. The fraction of sp³-hybridized carbons (Fsp3) is 0.455. The molecule has 1 fully saturated rings. The van der Waals surface area contributed by atoms with Gasteiger partial charge in [0.25, 0.3) is 5.91 Å². The van der Waals surface area contributed by atoms with Gasteiger partial charge in [-0.15, -0.1) is 11.3 Å². The molecular weight excluding hydrogens is 370 g/mol. The molecule has 3 N–H and O–H groups in total. The molecule has 5 nitrogen and oxygen atoms in total. The Kier molecular flexibility index (Phi) is 5.78. The Morgan fingerprint density at radius 3 is 2.75 bits per heavy atom. The van der Waals surface area contributed by atoms with Gasteiger partial charge in [-0.1, -0.05) is 12.1 Å². The fourth-order valence-corrected chi connectivity index (χ4v) is 5.39. The van der Waals surface area contributed by atoms with Crippen LogP contribution < -0.4 is 11.1 Å². The number of rotatable bonds is 5. The van der Waals surface area contributed by atoms with Crippen molar-refractivity contribution in [3.05, 3.63) is 51.2 Å².